The Morgan fingerprint density at radius 3 is 2.75 bits per heavy atom. The van der Waals surface area contributed by atoms with E-state index in [2.05, 4.69) is 15.8 Å². The molecule has 46 valence electrons. The molecule has 0 saturated carbocycles. The Morgan fingerprint density at radius 2 is 2.38 bits per heavy atom. The molecule has 0 aromatic heterocycles. The van der Waals surface area contributed by atoms with E-state index in [-0.39, 0.29) is 5.91 Å². The molecule has 0 aliphatic rings. The smallest absolute Gasteiger partial charge is 0.236 e. The summed E-state index contributed by atoms with van der Waals surface area (Å²) in [4.78, 5) is 10.1. The normalized spacial score (nSPS) is 9.25. The van der Waals surface area contributed by atoms with E-state index in [0.717, 1.165) is 0 Å². The average molecular weight is 115 g/mol. The topological polar surface area (TPSA) is 53.5 Å². The second-order valence-electron chi connectivity index (χ2n) is 1.21. The highest BCUT2D eigenvalue weighted by Gasteiger charge is 1.79. The van der Waals surface area contributed by atoms with Crippen LogP contribution in [0.5, 0.6) is 0 Å². The summed E-state index contributed by atoms with van der Waals surface area (Å²) in [5.41, 5.74) is 2.21. The van der Waals surface area contributed by atoms with Gasteiger partial charge >= 0.3 is 0 Å². The zero-order valence-electron chi connectivity index (χ0n) is 4.93. The van der Waals surface area contributed by atoms with Crippen molar-refractivity contribution in [2.45, 2.75) is 6.92 Å². The van der Waals surface area contributed by atoms with E-state index in [0.29, 0.717) is 0 Å². The van der Waals surface area contributed by atoms with Crippen LogP contribution in [0.15, 0.2) is 5.10 Å². The molecule has 2 N–H and O–H groups in total. The molecule has 0 unspecified atom stereocenters. The van der Waals surface area contributed by atoms with Gasteiger partial charge in [0.1, 0.15) is 6.34 Å². The van der Waals surface area contributed by atoms with Gasteiger partial charge in [-0.3, -0.25) is 4.79 Å². The van der Waals surface area contributed by atoms with Crippen molar-refractivity contribution >= 4 is 12.2 Å². The van der Waals surface area contributed by atoms with Gasteiger partial charge in [0, 0.05) is 14.0 Å². The van der Waals surface area contributed by atoms with Crippen LogP contribution in [0.3, 0.4) is 0 Å². The number of nitrogens with zero attached hydrogens (tertiary/aromatic N) is 1. The van der Waals surface area contributed by atoms with E-state index >= 15 is 0 Å². The van der Waals surface area contributed by atoms with Crippen molar-refractivity contribution in [3.63, 3.8) is 0 Å². The first kappa shape index (κ1) is 6.94. The second kappa shape index (κ2) is 4.11. The lowest BCUT2D eigenvalue weighted by Gasteiger charge is -1.87. The Labute approximate surface area is 48.0 Å². The summed E-state index contributed by atoms with van der Waals surface area (Å²) in [6.45, 7) is 1.40. The lowest BCUT2D eigenvalue weighted by molar-refractivity contribution is -0.118. The van der Waals surface area contributed by atoms with Crippen LogP contribution in [-0.4, -0.2) is 19.3 Å². The van der Waals surface area contributed by atoms with Gasteiger partial charge in [0.15, 0.2) is 0 Å². The van der Waals surface area contributed by atoms with Crippen LogP contribution in [0, 0.1) is 0 Å². The molecule has 0 aliphatic carbocycles. The number of carbonyl (C=O) groups is 1. The molecular weight excluding hydrogens is 106 g/mol. The number of carbonyl (C=O) groups excluding carboxylic acids is 1. The standard InChI is InChI=1S/C4H9N3O/c1-4(8)7-6-3-5-2/h3H,1-2H3,(H,5,6)(H,7,8). The molecule has 4 nitrogen and oxygen atoms in total. The van der Waals surface area contributed by atoms with E-state index in [9.17, 15) is 4.79 Å². The summed E-state index contributed by atoms with van der Waals surface area (Å²) in [7, 11) is 1.70. The minimum Gasteiger partial charge on any atom is -0.378 e. The lowest BCUT2D eigenvalue weighted by atomic mass is 10.8. The molecule has 0 aromatic rings. The summed E-state index contributed by atoms with van der Waals surface area (Å²) < 4.78 is 0. The van der Waals surface area contributed by atoms with Crippen molar-refractivity contribution in [1.29, 1.82) is 0 Å². The minimum absolute atomic E-state index is 0.170. The lowest BCUT2D eigenvalue weighted by Crippen LogP contribution is -2.15. The van der Waals surface area contributed by atoms with Crippen LogP contribution in [0.1, 0.15) is 6.92 Å². The van der Waals surface area contributed by atoms with Crippen LogP contribution in [-0.2, 0) is 4.79 Å². The molecule has 0 aromatic carbocycles. The fraction of sp³-hybridized carbons (Fsp3) is 0.500. The van der Waals surface area contributed by atoms with Crippen molar-refractivity contribution in [1.82, 2.24) is 10.7 Å². The fourth-order valence-corrected chi connectivity index (χ4v) is 0.188. The van der Waals surface area contributed by atoms with Crippen LogP contribution >= 0.6 is 0 Å². The molecule has 0 saturated heterocycles. The maximum atomic E-state index is 10.1. The summed E-state index contributed by atoms with van der Waals surface area (Å²) >= 11 is 0. The van der Waals surface area contributed by atoms with Gasteiger partial charge in [0.2, 0.25) is 5.91 Å². The molecule has 0 bridgehead atoms. The number of amides is 1. The predicted molar refractivity (Wildman–Crippen MR) is 31.4 cm³/mol. The van der Waals surface area contributed by atoms with E-state index < -0.39 is 0 Å². The van der Waals surface area contributed by atoms with Crippen LogP contribution in [0.25, 0.3) is 0 Å². The van der Waals surface area contributed by atoms with Gasteiger partial charge in [-0.05, 0) is 0 Å². The van der Waals surface area contributed by atoms with Gasteiger partial charge in [0.05, 0.1) is 0 Å². The Bertz CT molecular complexity index is 99.5. The number of hydrogen-bond donors (Lipinski definition) is 2. The van der Waals surface area contributed by atoms with Crippen LogP contribution in [0.2, 0.25) is 0 Å². The monoisotopic (exact) mass is 115 g/mol. The largest absolute Gasteiger partial charge is 0.378 e. The Kier molecular flexibility index (Phi) is 3.56. The summed E-state index contributed by atoms with van der Waals surface area (Å²) in [6.07, 6.45) is 1.39. The van der Waals surface area contributed by atoms with E-state index in [1.165, 1.54) is 13.3 Å². The van der Waals surface area contributed by atoms with Crippen molar-refractivity contribution in [2.24, 2.45) is 5.10 Å². The van der Waals surface area contributed by atoms with Crippen molar-refractivity contribution in [2.75, 3.05) is 7.05 Å². The molecule has 0 rings (SSSR count). The first-order chi connectivity index (χ1) is 3.77. The molecule has 0 fully saturated rings. The number of hydrogen-bond acceptors (Lipinski definition) is 2. The number of rotatable bonds is 2. The van der Waals surface area contributed by atoms with Gasteiger partial charge in [-0.1, -0.05) is 0 Å². The molecule has 0 radical (unpaired) electrons. The maximum absolute atomic E-state index is 10.1. The Hall–Kier alpha value is -1.06. The molecule has 0 aliphatic heterocycles. The maximum Gasteiger partial charge on any atom is 0.236 e. The van der Waals surface area contributed by atoms with E-state index in [1.807, 2.05) is 0 Å². The molecule has 0 spiro atoms. The third-order valence-electron chi connectivity index (χ3n) is 0.416. The van der Waals surface area contributed by atoms with Crippen molar-refractivity contribution in [3.05, 3.63) is 0 Å². The molecule has 4 heteroatoms. The van der Waals surface area contributed by atoms with Crippen LogP contribution in [0.4, 0.5) is 0 Å². The van der Waals surface area contributed by atoms with Gasteiger partial charge < -0.3 is 5.32 Å². The average Bonchev–Trinajstić information content (AvgIpc) is 1.66. The summed E-state index contributed by atoms with van der Waals surface area (Å²) in [5.74, 6) is -0.170. The highest BCUT2D eigenvalue weighted by Crippen LogP contribution is 1.55. The molecule has 0 heterocycles. The highest BCUT2D eigenvalue weighted by atomic mass is 16.2. The number of nitrogens with one attached hydrogen (secondary N) is 2. The molecule has 8 heavy (non-hydrogen) atoms. The van der Waals surface area contributed by atoms with Gasteiger partial charge in [-0.2, -0.15) is 5.10 Å². The van der Waals surface area contributed by atoms with Gasteiger partial charge in [-0.15, -0.1) is 0 Å². The Morgan fingerprint density at radius 1 is 1.75 bits per heavy atom. The second-order valence-corrected chi connectivity index (χ2v) is 1.21. The first-order valence-electron chi connectivity index (χ1n) is 2.22. The highest BCUT2D eigenvalue weighted by molar-refractivity contribution is 5.73. The minimum atomic E-state index is -0.170. The van der Waals surface area contributed by atoms with E-state index in [4.69, 9.17) is 0 Å². The van der Waals surface area contributed by atoms with Gasteiger partial charge in [0.25, 0.3) is 0 Å². The fourth-order valence-electron chi connectivity index (χ4n) is 0.188. The third kappa shape index (κ3) is 4.94. The predicted octanol–water partition coefficient (Wildman–Crippen LogP) is -0.715. The zero-order valence-corrected chi connectivity index (χ0v) is 4.93. The van der Waals surface area contributed by atoms with E-state index in [1.54, 1.807) is 7.05 Å². The van der Waals surface area contributed by atoms with Crippen molar-refractivity contribution < 1.29 is 4.79 Å². The first-order valence-corrected chi connectivity index (χ1v) is 2.22. The third-order valence-corrected chi connectivity index (χ3v) is 0.416. The summed E-state index contributed by atoms with van der Waals surface area (Å²) in [6, 6.07) is 0. The Balaban J connectivity index is 3.16. The molecule has 0 atom stereocenters. The summed E-state index contributed by atoms with van der Waals surface area (Å²) in [5, 5.41) is 6.07. The quantitative estimate of drug-likeness (QED) is 0.283. The SMILES string of the molecule is CN/C=N\NC(C)=O. The van der Waals surface area contributed by atoms with Crippen molar-refractivity contribution in [3.8, 4) is 0 Å². The van der Waals surface area contributed by atoms with Gasteiger partial charge in [-0.25, -0.2) is 5.43 Å². The number of hydrazone groups is 1. The molecule has 1 amide bonds. The molecular formula is C4H9N3O. The van der Waals surface area contributed by atoms with Crippen LogP contribution < -0.4 is 10.7 Å². The zero-order chi connectivity index (χ0) is 6.41.